The molecule has 0 atom stereocenters. The summed E-state index contributed by atoms with van der Waals surface area (Å²) in [6.07, 6.45) is 3.04. The molecular formula is C9H15BrN4. The van der Waals surface area contributed by atoms with Crippen LogP contribution in [0.4, 0.5) is 0 Å². The molecule has 0 aliphatic carbocycles. The molecule has 2 N–H and O–H groups in total. The Morgan fingerprint density at radius 1 is 1.43 bits per heavy atom. The van der Waals surface area contributed by atoms with Crippen LogP contribution in [-0.2, 0) is 6.54 Å². The number of H-pyrrole nitrogens is 1. The molecule has 4 nitrogen and oxygen atoms in total. The summed E-state index contributed by atoms with van der Waals surface area (Å²) >= 11 is 3.48. The van der Waals surface area contributed by atoms with Gasteiger partial charge in [0.2, 0.25) is 0 Å². The normalized spacial score (nSPS) is 19.5. The van der Waals surface area contributed by atoms with E-state index in [1.165, 1.54) is 18.7 Å². The van der Waals surface area contributed by atoms with Gasteiger partial charge >= 0.3 is 0 Å². The molecule has 5 heteroatoms. The third-order valence-electron chi connectivity index (χ3n) is 2.48. The van der Waals surface area contributed by atoms with Crippen LogP contribution < -0.4 is 5.32 Å². The van der Waals surface area contributed by atoms with Gasteiger partial charge in [-0.3, -0.25) is 10.00 Å². The number of aromatic amines is 1. The molecule has 1 aromatic heterocycles. The molecule has 1 aromatic rings. The second-order valence-corrected chi connectivity index (χ2v) is 4.43. The number of rotatable bonds is 2. The molecule has 0 aromatic carbocycles. The summed E-state index contributed by atoms with van der Waals surface area (Å²) in [6, 6.07) is 0. The first-order chi connectivity index (χ1) is 6.86. The lowest BCUT2D eigenvalue weighted by molar-refractivity contribution is 0.280. The minimum absolute atomic E-state index is 0.961. The fourth-order valence-electron chi connectivity index (χ4n) is 1.69. The summed E-state index contributed by atoms with van der Waals surface area (Å²) < 4.78 is 1.08. The van der Waals surface area contributed by atoms with E-state index in [4.69, 9.17) is 0 Å². The summed E-state index contributed by atoms with van der Waals surface area (Å²) in [6.45, 7) is 5.47. The van der Waals surface area contributed by atoms with Gasteiger partial charge in [-0.1, -0.05) is 0 Å². The van der Waals surface area contributed by atoms with Gasteiger partial charge in [-0.2, -0.15) is 5.10 Å². The van der Waals surface area contributed by atoms with Crippen molar-refractivity contribution in [2.24, 2.45) is 0 Å². The molecular weight excluding hydrogens is 244 g/mol. The predicted octanol–water partition coefficient (Wildman–Crippen LogP) is 0.967. The van der Waals surface area contributed by atoms with Crippen LogP contribution in [0, 0.1) is 0 Å². The third kappa shape index (κ3) is 2.56. The first kappa shape index (κ1) is 10.1. The molecule has 14 heavy (non-hydrogen) atoms. The highest BCUT2D eigenvalue weighted by molar-refractivity contribution is 9.10. The van der Waals surface area contributed by atoms with Crippen molar-refractivity contribution in [2.45, 2.75) is 13.0 Å². The van der Waals surface area contributed by atoms with Crippen LogP contribution in [0.3, 0.4) is 0 Å². The highest BCUT2D eigenvalue weighted by Crippen LogP contribution is 2.14. The van der Waals surface area contributed by atoms with Crippen LogP contribution in [-0.4, -0.2) is 41.3 Å². The fraction of sp³-hybridized carbons (Fsp3) is 0.667. The van der Waals surface area contributed by atoms with Gasteiger partial charge in [0.05, 0.1) is 16.4 Å². The molecule has 0 radical (unpaired) electrons. The fourth-order valence-corrected chi connectivity index (χ4v) is 2.01. The summed E-state index contributed by atoms with van der Waals surface area (Å²) in [4.78, 5) is 2.44. The molecule has 0 saturated carbocycles. The molecule has 0 unspecified atom stereocenters. The van der Waals surface area contributed by atoms with Crippen LogP contribution >= 0.6 is 15.9 Å². The van der Waals surface area contributed by atoms with E-state index in [-0.39, 0.29) is 0 Å². The Kier molecular flexibility index (Phi) is 3.55. The van der Waals surface area contributed by atoms with Crippen LogP contribution in [0.15, 0.2) is 10.7 Å². The molecule has 0 bridgehead atoms. The quantitative estimate of drug-likeness (QED) is 0.831. The third-order valence-corrected chi connectivity index (χ3v) is 3.16. The zero-order valence-electron chi connectivity index (χ0n) is 8.09. The molecule has 1 saturated heterocycles. The monoisotopic (exact) mass is 258 g/mol. The van der Waals surface area contributed by atoms with Gasteiger partial charge < -0.3 is 5.32 Å². The Balaban J connectivity index is 1.92. The van der Waals surface area contributed by atoms with E-state index in [0.29, 0.717) is 0 Å². The van der Waals surface area contributed by atoms with Gasteiger partial charge in [-0.15, -0.1) is 0 Å². The first-order valence-electron chi connectivity index (χ1n) is 4.97. The molecule has 0 spiro atoms. The van der Waals surface area contributed by atoms with Crippen molar-refractivity contribution < 1.29 is 0 Å². The Morgan fingerprint density at radius 2 is 2.36 bits per heavy atom. The van der Waals surface area contributed by atoms with Crippen LogP contribution in [0.2, 0.25) is 0 Å². The largest absolute Gasteiger partial charge is 0.315 e. The lowest BCUT2D eigenvalue weighted by atomic mass is 10.3. The smallest absolute Gasteiger partial charge is 0.0634 e. The molecule has 2 heterocycles. The van der Waals surface area contributed by atoms with E-state index in [1.807, 2.05) is 6.20 Å². The van der Waals surface area contributed by atoms with Crippen molar-refractivity contribution in [3.05, 3.63) is 16.4 Å². The van der Waals surface area contributed by atoms with Crippen molar-refractivity contribution in [3.8, 4) is 0 Å². The molecule has 1 aliphatic heterocycles. The number of nitrogens with one attached hydrogen (secondary N) is 2. The van der Waals surface area contributed by atoms with E-state index < -0.39 is 0 Å². The maximum Gasteiger partial charge on any atom is 0.0634 e. The highest BCUT2D eigenvalue weighted by Gasteiger charge is 2.11. The number of aromatic nitrogens is 2. The lowest BCUT2D eigenvalue weighted by Gasteiger charge is -2.18. The van der Waals surface area contributed by atoms with Gasteiger partial charge in [0.1, 0.15) is 0 Å². The minimum Gasteiger partial charge on any atom is -0.315 e. The van der Waals surface area contributed by atoms with Crippen molar-refractivity contribution >= 4 is 15.9 Å². The topological polar surface area (TPSA) is 44.0 Å². The van der Waals surface area contributed by atoms with Crippen LogP contribution in [0.5, 0.6) is 0 Å². The molecule has 0 amide bonds. The van der Waals surface area contributed by atoms with Crippen molar-refractivity contribution in [3.63, 3.8) is 0 Å². The van der Waals surface area contributed by atoms with Gasteiger partial charge in [0.15, 0.2) is 0 Å². The van der Waals surface area contributed by atoms with E-state index in [1.54, 1.807) is 0 Å². The highest BCUT2D eigenvalue weighted by atomic mass is 79.9. The molecule has 2 rings (SSSR count). The second-order valence-electron chi connectivity index (χ2n) is 3.58. The Labute approximate surface area is 92.2 Å². The first-order valence-corrected chi connectivity index (χ1v) is 5.76. The summed E-state index contributed by atoms with van der Waals surface area (Å²) in [5, 5.41) is 10.4. The maximum absolute atomic E-state index is 4.00. The predicted molar refractivity (Wildman–Crippen MR) is 59.1 cm³/mol. The average Bonchev–Trinajstić information content (AvgIpc) is 2.44. The summed E-state index contributed by atoms with van der Waals surface area (Å²) in [5.74, 6) is 0. The van der Waals surface area contributed by atoms with Gasteiger partial charge in [0, 0.05) is 19.6 Å². The zero-order valence-corrected chi connectivity index (χ0v) is 9.68. The van der Waals surface area contributed by atoms with Gasteiger partial charge in [-0.25, -0.2) is 0 Å². The van der Waals surface area contributed by atoms with E-state index >= 15 is 0 Å². The summed E-state index contributed by atoms with van der Waals surface area (Å²) in [7, 11) is 0. The standard InChI is InChI=1S/C9H15BrN4/c10-8-6-12-13-9(8)7-14-4-1-2-11-3-5-14/h6,11H,1-5,7H2,(H,12,13). The second kappa shape index (κ2) is 4.91. The SMILES string of the molecule is Brc1cn[nH]c1CN1CCCNCC1. The lowest BCUT2D eigenvalue weighted by Crippen LogP contribution is -2.27. The Hall–Kier alpha value is -0.390. The molecule has 1 fully saturated rings. The van der Waals surface area contributed by atoms with Crippen molar-refractivity contribution in [2.75, 3.05) is 26.2 Å². The summed E-state index contributed by atoms with van der Waals surface area (Å²) in [5.41, 5.74) is 1.17. The van der Waals surface area contributed by atoms with E-state index in [0.717, 1.165) is 30.7 Å². The van der Waals surface area contributed by atoms with Crippen LogP contribution in [0.25, 0.3) is 0 Å². The Morgan fingerprint density at radius 3 is 3.14 bits per heavy atom. The van der Waals surface area contributed by atoms with E-state index in [2.05, 4.69) is 36.3 Å². The minimum atomic E-state index is 0.961. The number of hydrogen-bond donors (Lipinski definition) is 2. The molecule has 78 valence electrons. The maximum atomic E-state index is 4.00. The van der Waals surface area contributed by atoms with Crippen molar-refractivity contribution in [1.82, 2.24) is 20.4 Å². The van der Waals surface area contributed by atoms with Crippen LogP contribution in [0.1, 0.15) is 12.1 Å². The van der Waals surface area contributed by atoms with Gasteiger partial charge in [-0.05, 0) is 35.4 Å². The number of halogens is 1. The zero-order chi connectivity index (χ0) is 9.80. The van der Waals surface area contributed by atoms with Gasteiger partial charge in [0.25, 0.3) is 0 Å². The molecule has 1 aliphatic rings. The average molecular weight is 259 g/mol. The number of nitrogens with zero attached hydrogens (tertiary/aromatic N) is 2. The Bertz CT molecular complexity index is 278. The van der Waals surface area contributed by atoms with E-state index in [9.17, 15) is 0 Å². The number of hydrogen-bond acceptors (Lipinski definition) is 3. The van der Waals surface area contributed by atoms with Crippen molar-refractivity contribution in [1.29, 1.82) is 0 Å².